The molecule has 0 radical (unpaired) electrons. The van der Waals surface area contributed by atoms with Crippen LogP contribution in [0.5, 0.6) is 0 Å². The number of rotatable bonds is 2. The Morgan fingerprint density at radius 2 is 1.69 bits per heavy atom. The van der Waals surface area contributed by atoms with Gasteiger partial charge in [-0.05, 0) is 31.6 Å². The normalized spacial score (nSPS) is 33.3. The van der Waals surface area contributed by atoms with Crippen molar-refractivity contribution in [3.05, 3.63) is 0 Å². The van der Waals surface area contributed by atoms with Crippen LogP contribution in [0.1, 0.15) is 39.5 Å². The number of carbonyl (C=O) groups excluding carboxylic acids is 1. The summed E-state index contributed by atoms with van der Waals surface area (Å²) in [6.07, 6.45) is 5.35. The molecule has 3 nitrogen and oxygen atoms in total. The lowest BCUT2D eigenvalue weighted by atomic mass is 9.82. The maximum absolute atomic E-state index is 12.2. The first-order valence-corrected chi connectivity index (χ1v) is 6.64. The Bertz CT molecular complexity index is 251. The van der Waals surface area contributed by atoms with E-state index in [0.717, 1.165) is 24.9 Å². The average Bonchev–Trinajstić information content (AvgIpc) is 2.70. The Balaban J connectivity index is 1.94. The monoisotopic (exact) mass is 224 g/mol. The van der Waals surface area contributed by atoms with E-state index in [1.807, 2.05) is 13.8 Å². The maximum atomic E-state index is 12.2. The van der Waals surface area contributed by atoms with E-state index in [1.165, 1.54) is 25.7 Å². The van der Waals surface area contributed by atoms with E-state index < -0.39 is 0 Å². The summed E-state index contributed by atoms with van der Waals surface area (Å²) in [6.45, 7) is 5.85. The minimum atomic E-state index is -0.0323. The van der Waals surface area contributed by atoms with Gasteiger partial charge in [-0.15, -0.1) is 0 Å². The van der Waals surface area contributed by atoms with Crippen LogP contribution in [0.25, 0.3) is 0 Å². The van der Waals surface area contributed by atoms with Gasteiger partial charge in [0.25, 0.3) is 0 Å². The third kappa shape index (κ3) is 2.24. The lowest BCUT2D eigenvalue weighted by Crippen LogP contribution is -2.40. The van der Waals surface area contributed by atoms with Gasteiger partial charge in [0.15, 0.2) is 0 Å². The summed E-state index contributed by atoms with van der Waals surface area (Å²) in [7, 11) is 0. The van der Waals surface area contributed by atoms with Gasteiger partial charge in [0.2, 0.25) is 5.91 Å². The van der Waals surface area contributed by atoms with Crippen molar-refractivity contribution in [3.63, 3.8) is 0 Å². The quantitative estimate of drug-likeness (QED) is 0.774. The number of nitrogens with zero attached hydrogens (tertiary/aromatic N) is 1. The molecule has 3 heteroatoms. The zero-order valence-electron chi connectivity index (χ0n) is 10.5. The van der Waals surface area contributed by atoms with Crippen LogP contribution in [0.3, 0.4) is 0 Å². The van der Waals surface area contributed by atoms with Crippen molar-refractivity contribution in [3.8, 4) is 0 Å². The highest BCUT2D eigenvalue weighted by atomic mass is 16.2. The highest BCUT2D eigenvalue weighted by Gasteiger charge is 2.37. The second-order valence-electron chi connectivity index (χ2n) is 5.70. The number of nitrogens with two attached hydrogens (primary N) is 1. The Labute approximate surface area is 98.4 Å². The zero-order valence-corrected chi connectivity index (χ0v) is 10.5. The van der Waals surface area contributed by atoms with Crippen LogP contribution in [0.4, 0.5) is 0 Å². The van der Waals surface area contributed by atoms with Gasteiger partial charge in [-0.1, -0.05) is 19.8 Å². The van der Waals surface area contributed by atoms with Gasteiger partial charge < -0.3 is 10.6 Å². The van der Waals surface area contributed by atoms with Crippen molar-refractivity contribution >= 4 is 5.91 Å². The molecule has 2 aliphatic rings. The van der Waals surface area contributed by atoms with Gasteiger partial charge in [-0.25, -0.2) is 0 Å². The molecule has 16 heavy (non-hydrogen) atoms. The van der Waals surface area contributed by atoms with Crippen molar-refractivity contribution in [2.75, 3.05) is 13.1 Å². The SMILES string of the molecule is CC(N)C(C)C(=O)N1CC2CCCCC2C1. The first-order chi connectivity index (χ1) is 7.59. The summed E-state index contributed by atoms with van der Waals surface area (Å²) in [5, 5.41) is 0. The lowest BCUT2D eigenvalue weighted by molar-refractivity contribution is -0.134. The highest BCUT2D eigenvalue weighted by molar-refractivity contribution is 5.79. The molecule has 0 aromatic rings. The summed E-state index contributed by atoms with van der Waals surface area (Å²) >= 11 is 0. The Hall–Kier alpha value is -0.570. The third-order valence-corrected chi connectivity index (χ3v) is 4.47. The van der Waals surface area contributed by atoms with Crippen LogP contribution in [0.2, 0.25) is 0 Å². The van der Waals surface area contributed by atoms with Crippen LogP contribution >= 0.6 is 0 Å². The Morgan fingerprint density at radius 3 is 2.12 bits per heavy atom. The summed E-state index contributed by atoms with van der Waals surface area (Å²) < 4.78 is 0. The molecule has 1 heterocycles. The molecule has 1 aliphatic carbocycles. The smallest absolute Gasteiger partial charge is 0.226 e. The second-order valence-corrected chi connectivity index (χ2v) is 5.70. The van der Waals surface area contributed by atoms with Crippen molar-refractivity contribution in [2.24, 2.45) is 23.5 Å². The number of hydrogen-bond donors (Lipinski definition) is 1. The third-order valence-electron chi connectivity index (χ3n) is 4.47. The van der Waals surface area contributed by atoms with Gasteiger partial charge in [0, 0.05) is 19.1 Å². The van der Waals surface area contributed by atoms with Crippen molar-refractivity contribution in [1.82, 2.24) is 4.90 Å². The van der Waals surface area contributed by atoms with Gasteiger partial charge in [0.1, 0.15) is 0 Å². The second kappa shape index (κ2) is 4.74. The molecule has 1 saturated carbocycles. The predicted molar refractivity (Wildman–Crippen MR) is 64.8 cm³/mol. The molecule has 1 aliphatic heterocycles. The fraction of sp³-hybridized carbons (Fsp3) is 0.923. The van der Waals surface area contributed by atoms with E-state index in [1.54, 1.807) is 0 Å². The number of likely N-dealkylation sites (tertiary alicyclic amines) is 1. The molecule has 92 valence electrons. The molecule has 1 saturated heterocycles. The Kier molecular flexibility index (Phi) is 3.53. The van der Waals surface area contributed by atoms with Gasteiger partial charge in [-0.3, -0.25) is 4.79 Å². The van der Waals surface area contributed by atoms with E-state index in [-0.39, 0.29) is 17.9 Å². The first-order valence-electron chi connectivity index (χ1n) is 6.64. The molecule has 0 aromatic heterocycles. The van der Waals surface area contributed by atoms with E-state index in [2.05, 4.69) is 4.90 Å². The number of carbonyl (C=O) groups is 1. The molecule has 4 unspecified atom stereocenters. The molecular formula is C13H24N2O. The zero-order chi connectivity index (χ0) is 11.7. The van der Waals surface area contributed by atoms with E-state index in [4.69, 9.17) is 5.73 Å². The van der Waals surface area contributed by atoms with Gasteiger partial charge in [0.05, 0.1) is 5.92 Å². The molecule has 1 amide bonds. The molecule has 0 aromatic carbocycles. The maximum Gasteiger partial charge on any atom is 0.226 e. The standard InChI is InChI=1S/C13H24N2O/c1-9(10(2)14)13(16)15-7-11-5-3-4-6-12(11)8-15/h9-12H,3-8,14H2,1-2H3. The predicted octanol–water partition coefficient (Wildman–Crippen LogP) is 1.62. The van der Waals surface area contributed by atoms with Crippen LogP contribution in [0.15, 0.2) is 0 Å². The fourth-order valence-electron chi connectivity index (χ4n) is 3.10. The van der Waals surface area contributed by atoms with Crippen LogP contribution in [0, 0.1) is 17.8 Å². The summed E-state index contributed by atoms with van der Waals surface area (Å²) in [5.74, 6) is 1.79. The minimum absolute atomic E-state index is 0.0276. The van der Waals surface area contributed by atoms with E-state index in [9.17, 15) is 4.79 Å². The number of hydrogen-bond acceptors (Lipinski definition) is 2. The lowest BCUT2D eigenvalue weighted by Gasteiger charge is -2.23. The fourth-order valence-corrected chi connectivity index (χ4v) is 3.10. The summed E-state index contributed by atoms with van der Waals surface area (Å²) in [5.41, 5.74) is 5.80. The van der Waals surface area contributed by atoms with Gasteiger partial charge in [-0.2, -0.15) is 0 Å². The number of fused-ring (bicyclic) bond motifs is 1. The number of amides is 1. The average molecular weight is 224 g/mol. The van der Waals surface area contributed by atoms with Gasteiger partial charge >= 0.3 is 0 Å². The van der Waals surface area contributed by atoms with Crippen molar-refractivity contribution < 1.29 is 4.79 Å². The molecular weight excluding hydrogens is 200 g/mol. The summed E-state index contributed by atoms with van der Waals surface area (Å²) in [4.78, 5) is 14.2. The first kappa shape index (κ1) is 11.9. The van der Waals surface area contributed by atoms with Crippen molar-refractivity contribution in [1.29, 1.82) is 0 Å². The van der Waals surface area contributed by atoms with Crippen LogP contribution < -0.4 is 5.73 Å². The molecule has 4 atom stereocenters. The summed E-state index contributed by atoms with van der Waals surface area (Å²) in [6, 6.07) is -0.0323. The molecule has 0 bridgehead atoms. The largest absolute Gasteiger partial charge is 0.342 e. The van der Waals surface area contributed by atoms with E-state index >= 15 is 0 Å². The van der Waals surface area contributed by atoms with E-state index in [0.29, 0.717) is 0 Å². The van der Waals surface area contributed by atoms with Crippen molar-refractivity contribution in [2.45, 2.75) is 45.6 Å². The topological polar surface area (TPSA) is 46.3 Å². The minimum Gasteiger partial charge on any atom is -0.342 e. The molecule has 2 rings (SSSR count). The molecule has 0 spiro atoms. The molecule has 2 N–H and O–H groups in total. The highest BCUT2D eigenvalue weighted by Crippen LogP contribution is 2.36. The van der Waals surface area contributed by atoms with Crippen LogP contribution in [-0.2, 0) is 4.79 Å². The van der Waals surface area contributed by atoms with Crippen LogP contribution in [-0.4, -0.2) is 29.9 Å². The Morgan fingerprint density at radius 1 is 1.19 bits per heavy atom. The molecule has 2 fully saturated rings.